The van der Waals surface area contributed by atoms with E-state index in [2.05, 4.69) is 25.1 Å². The van der Waals surface area contributed by atoms with Crippen molar-refractivity contribution in [2.75, 3.05) is 49.5 Å². The summed E-state index contributed by atoms with van der Waals surface area (Å²) >= 11 is 0. The van der Waals surface area contributed by atoms with Gasteiger partial charge in [-0.2, -0.15) is 0 Å². The van der Waals surface area contributed by atoms with Gasteiger partial charge in [-0.1, -0.05) is 0 Å². The van der Waals surface area contributed by atoms with Gasteiger partial charge in [-0.25, -0.2) is 9.37 Å². The Labute approximate surface area is 129 Å². The Bertz CT molecular complexity index is 567. The lowest BCUT2D eigenvalue weighted by Gasteiger charge is -2.36. The van der Waals surface area contributed by atoms with E-state index < -0.39 is 0 Å². The third-order valence-corrected chi connectivity index (χ3v) is 3.86. The number of piperazine rings is 1. The molecule has 1 aromatic heterocycles. The summed E-state index contributed by atoms with van der Waals surface area (Å²) < 4.78 is 13.0. The van der Waals surface area contributed by atoms with E-state index >= 15 is 0 Å². The Morgan fingerprint density at radius 2 is 1.82 bits per heavy atom. The highest BCUT2D eigenvalue weighted by Gasteiger charge is 2.16. The molecule has 5 nitrogen and oxygen atoms in total. The van der Waals surface area contributed by atoms with Gasteiger partial charge in [0.25, 0.3) is 0 Å². The molecule has 22 heavy (non-hydrogen) atoms. The molecule has 2 heterocycles. The molecule has 0 radical (unpaired) electrons. The Morgan fingerprint density at radius 1 is 1.05 bits per heavy atom. The van der Waals surface area contributed by atoms with Crippen LogP contribution in [-0.4, -0.2) is 54.1 Å². The van der Waals surface area contributed by atoms with Gasteiger partial charge in [0.2, 0.25) is 0 Å². The fourth-order valence-corrected chi connectivity index (χ4v) is 2.61. The minimum atomic E-state index is -0.183. The third kappa shape index (κ3) is 3.92. The molecule has 0 saturated carbocycles. The van der Waals surface area contributed by atoms with Crippen LogP contribution in [0.4, 0.5) is 15.9 Å². The van der Waals surface area contributed by atoms with Crippen LogP contribution in [0.2, 0.25) is 0 Å². The SMILES string of the molecule is Fc1ccc(N2CCN(CCNc3cnccn3)CC2)cc1. The van der Waals surface area contributed by atoms with Gasteiger partial charge < -0.3 is 10.2 Å². The van der Waals surface area contributed by atoms with E-state index in [0.29, 0.717) is 0 Å². The van der Waals surface area contributed by atoms with Crippen molar-refractivity contribution in [1.29, 1.82) is 0 Å². The van der Waals surface area contributed by atoms with E-state index in [1.807, 2.05) is 12.1 Å². The smallest absolute Gasteiger partial charge is 0.144 e. The van der Waals surface area contributed by atoms with Crippen LogP contribution in [0.3, 0.4) is 0 Å². The minimum absolute atomic E-state index is 0.183. The average molecular weight is 301 g/mol. The fourth-order valence-electron chi connectivity index (χ4n) is 2.61. The van der Waals surface area contributed by atoms with Crippen LogP contribution in [0.5, 0.6) is 0 Å². The van der Waals surface area contributed by atoms with Crippen molar-refractivity contribution >= 4 is 11.5 Å². The van der Waals surface area contributed by atoms with Crippen LogP contribution in [0.15, 0.2) is 42.9 Å². The first-order valence-electron chi connectivity index (χ1n) is 7.54. The number of hydrogen-bond acceptors (Lipinski definition) is 5. The molecule has 1 aliphatic rings. The lowest BCUT2D eigenvalue weighted by Crippen LogP contribution is -2.47. The predicted octanol–water partition coefficient (Wildman–Crippen LogP) is 1.85. The molecule has 1 aromatic carbocycles. The molecular weight excluding hydrogens is 281 g/mol. The van der Waals surface area contributed by atoms with E-state index in [1.54, 1.807) is 18.6 Å². The van der Waals surface area contributed by atoms with Crippen molar-refractivity contribution in [2.24, 2.45) is 0 Å². The molecule has 1 saturated heterocycles. The van der Waals surface area contributed by atoms with Gasteiger partial charge >= 0.3 is 0 Å². The molecule has 0 aliphatic carbocycles. The van der Waals surface area contributed by atoms with Crippen molar-refractivity contribution in [2.45, 2.75) is 0 Å². The Hall–Kier alpha value is -2.21. The Kier molecular flexibility index (Phi) is 4.80. The molecule has 0 spiro atoms. The monoisotopic (exact) mass is 301 g/mol. The summed E-state index contributed by atoms with van der Waals surface area (Å²) in [4.78, 5) is 12.9. The molecular formula is C16H20FN5. The van der Waals surface area contributed by atoms with Gasteiger partial charge in [-0.3, -0.25) is 9.88 Å². The summed E-state index contributed by atoms with van der Waals surface area (Å²) in [5.41, 5.74) is 1.10. The quantitative estimate of drug-likeness (QED) is 0.913. The van der Waals surface area contributed by atoms with E-state index in [9.17, 15) is 4.39 Å². The average Bonchev–Trinajstić information content (AvgIpc) is 2.57. The first-order chi connectivity index (χ1) is 10.8. The molecule has 1 N–H and O–H groups in total. The minimum Gasteiger partial charge on any atom is -0.369 e. The summed E-state index contributed by atoms with van der Waals surface area (Å²) in [7, 11) is 0. The van der Waals surface area contributed by atoms with Gasteiger partial charge in [0.05, 0.1) is 6.20 Å². The van der Waals surface area contributed by atoms with Gasteiger partial charge in [0.15, 0.2) is 0 Å². The van der Waals surface area contributed by atoms with Crippen LogP contribution >= 0.6 is 0 Å². The summed E-state index contributed by atoms with van der Waals surface area (Å²) in [6.45, 7) is 5.80. The Morgan fingerprint density at radius 3 is 2.50 bits per heavy atom. The molecule has 6 heteroatoms. The molecule has 0 atom stereocenters. The third-order valence-electron chi connectivity index (χ3n) is 3.86. The first-order valence-corrected chi connectivity index (χ1v) is 7.54. The van der Waals surface area contributed by atoms with Gasteiger partial charge in [-0.05, 0) is 24.3 Å². The van der Waals surface area contributed by atoms with Crippen LogP contribution in [0.25, 0.3) is 0 Å². The summed E-state index contributed by atoms with van der Waals surface area (Å²) in [5.74, 6) is 0.630. The summed E-state index contributed by atoms with van der Waals surface area (Å²) in [5, 5.41) is 3.27. The molecule has 1 fully saturated rings. The number of aromatic nitrogens is 2. The second-order valence-corrected chi connectivity index (χ2v) is 5.32. The highest BCUT2D eigenvalue weighted by atomic mass is 19.1. The van der Waals surface area contributed by atoms with Crippen molar-refractivity contribution in [3.8, 4) is 0 Å². The molecule has 1 aliphatic heterocycles. The first kappa shape index (κ1) is 14.7. The molecule has 0 amide bonds. The van der Waals surface area contributed by atoms with Gasteiger partial charge in [-0.15, -0.1) is 0 Å². The number of anilines is 2. The van der Waals surface area contributed by atoms with Crippen molar-refractivity contribution in [3.63, 3.8) is 0 Å². The number of hydrogen-bond donors (Lipinski definition) is 1. The molecule has 0 unspecified atom stereocenters. The zero-order valence-electron chi connectivity index (χ0n) is 12.5. The molecule has 2 aromatic rings. The lowest BCUT2D eigenvalue weighted by molar-refractivity contribution is 0.267. The number of nitrogens with one attached hydrogen (secondary N) is 1. The second-order valence-electron chi connectivity index (χ2n) is 5.32. The second kappa shape index (κ2) is 7.17. The van der Waals surface area contributed by atoms with Crippen LogP contribution < -0.4 is 10.2 Å². The van der Waals surface area contributed by atoms with Crippen LogP contribution in [0, 0.1) is 5.82 Å². The zero-order valence-corrected chi connectivity index (χ0v) is 12.5. The number of nitrogens with zero attached hydrogens (tertiary/aromatic N) is 4. The van der Waals surface area contributed by atoms with Gasteiger partial charge in [0.1, 0.15) is 11.6 Å². The number of rotatable bonds is 5. The highest BCUT2D eigenvalue weighted by Crippen LogP contribution is 2.16. The number of benzene rings is 1. The number of halogens is 1. The highest BCUT2D eigenvalue weighted by molar-refractivity contribution is 5.46. The topological polar surface area (TPSA) is 44.3 Å². The van der Waals surface area contributed by atoms with E-state index in [4.69, 9.17) is 0 Å². The van der Waals surface area contributed by atoms with Crippen LogP contribution in [-0.2, 0) is 0 Å². The van der Waals surface area contributed by atoms with Crippen molar-refractivity contribution in [3.05, 3.63) is 48.7 Å². The maximum absolute atomic E-state index is 13.0. The fraction of sp³-hybridized carbons (Fsp3) is 0.375. The standard InChI is InChI=1S/C16H20FN5/c17-14-1-3-15(4-2-14)22-11-9-21(10-12-22)8-7-20-16-13-18-5-6-19-16/h1-6,13H,7-12H2,(H,19,20). The van der Waals surface area contributed by atoms with Crippen molar-refractivity contribution in [1.82, 2.24) is 14.9 Å². The van der Waals surface area contributed by atoms with E-state index in [-0.39, 0.29) is 5.82 Å². The maximum atomic E-state index is 13.0. The zero-order chi connectivity index (χ0) is 15.2. The largest absolute Gasteiger partial charge is 0.369 e. The lowest BCUT2D eigenvalue weighted by atomic mass is 10.2. The summed E-state index contributed by atoms with van der Waals surface area (Å²) in [6.07, 6.45) is 5.08. The molecule has 3 rings (SSSR count). The summed E-state index contributed by atoms with van der Waals surface area (Å²) in [6, 6.07) is 6.74. The van der Waals surface area contributed by atoms with E-state index in [0.717, 1.165) is 50.8 Å². The molecule has 0 bridgehead atoms. The van der Waals surface area contributed by atoms with Gasteiger partial charge in [0, 0.05) is 57.3 Å². The van der Waals surface area contributed by atoms with E-state index in [1.165, 1.54) is 12.1 Å². The van der Waals surface area contributed by atoms with Crippen molar-refractivity contribution < 1.29 is 4.39 Å². The maximum Gasteiger partial charge on any atom is 0.144 e. The predicted molar refractivity (Wildman–Crippen MR) is 85.6 cm³/mol. The Balaban J connectivity index is 1.41. The van der Waals surface area contributed by atoms with Crippen LogP contribution in [0.1, 0.15) is 0 Å². The normalized spacial score (nSPS) is 15.8. The molecule has 116 valence electrons.